The molecule has 1 atom stereocenters. The van der Waals surface area contributed by atoms with Crippen LogP contribution in [0.5, 0.6) is 5.75 Å². The van der Waals surface area contributed by atoms with Gasteiger partial charge in [-0.15, -0.1) is 11.8 Å². The third-order valence-corrected chi connectivity index (χ3v) is 7.50. The molecule has 4 aromatic carbocycles. The maximum Gasteiger partial charge on any atom is 0.272 e. The molecule has 0 heterocycles. The zero-order valence-electron chi connectivity index (χ0n) is 24.5. The van der Waals surface area contributed by atoms with Crippen LogP contribution in [-0.4, -0.2) is 29.6 Å². The van der Waals surface area contributed by atoms with Crippen molar-refractivity contribution in [2.24, 2.45) is 0 Å². The predicted octanol–water partition coefficient (Wildman–Crippen LogP) is 7.53. The van der Waals surface area contributed by atoms with Gasteiger partial charge in [0.15, 0.2) is 0 Å². The number of hydrogen-bond acceptors (Lipinski definition) is 5. The number of carbonyl (C=O) groups excluding carboxylic acids is 3. The number of nitrogens with one attached hydrogen (secondary N) is 3. The molecule has 0 bridgehead atoms. The van der Waals surface area contributed by atoms with Gasteiger partial charge in [-0.2, -0.15) is 0 Å². The highest BCUT2D eigenvalue weighted by Gasteiger charge is 2.17. The maximum absolute atomic E-state index is 13.4. The summed E-state index contributed by atoms with van der Waals surface area (Å²) in [7, 11) is 0. The van der Waals surface area contributed by atoms with Gasteiger partial charge in [0, 0.05) is 21.8 Å². The van der Waals surface area contributed by atoms with Crippen molar-refractivity contribution in [2.45, 2.75) is 36.8 Å². The van der Waals surface area contributed by atoms with E-state index in [2.05, 4.69) is 22.9 Å². The van der Waals surface area contributed by atoms with Gasteiger partial charge >= 0.3 is 0 Å². The van der Waals surface area contributed by atoms with Crippen LogP contribution in [0.4, 0.5) is 15.8 Å². The fourth-order valence-electron chi connectivity index (χ4n) is 3.95. The smallest absolute Gasteiger partial charge is 0.272 e. The zero-order chi connectivity index (χ0) is 31.3. The standard InChI is InChI=1S/C35H34FN3O4S/c1-3-4-22-43-30-18-14-28(15-19-30)37-33(40)24(2)44-31-20-16-29(17-21-31)38-35(42)32(23-25-10-12-27(36)13-11-25)39-34(41)26-8-6-5-7-9-26/h5-21,23-24H,3-4,22H2,1-2H3,(H,37,40)(H,38,42)(H,39,41)/b32-23-. The van der Waals surface area contributed by atoms with Gasteiger partial charge in [-0.1, -0.05) is 43.7 Å². The van der Waals surface area contributed by atoms with E-state index in [1.54, 1.807) is 54.6 Å². The molecule has 3 N–H and O–H groups in total. The Morgan fingerprint density at radius 3 is 2.14 bits per heavy atom. The van der Waals surface area contributed by atoms with Crippen LogP contribution in [0.3, 0.4) is 0 Å². The van der Waals surface area contributed by atoms with Gasteiger partial charge in [-0.05, 0) is 97.8 Å². The minimum atomic E-state index is -0.548. The highest BCUT2D eigenvalue weighted by atomic mass is 32.2. The van der Waals surface area contributed by atoms with Gasteiger partial charge in [0.2, 0.25) is 5.91 Å². The van der Waals surface area contributed by atoms with Gasteiger partial charge < -0.3 is 20.7 Å². The van der Waals surface area contributed by atoms with E-state index in [1.165, 1.54) is 42.1 Å². The first-order chi connectivity index (χ1) is 21.3. The number of benzene rings is 4. The molecule has 0 fully saturated rings. The van der Waals surface area contributed by atoms with E-state index in [0.29, 0.717) is 29.1 Å². The lowest BCUT2D eigenvalue weighted by Crippen LogP contribution is -2.30. The third kappa shape index (κ3) is 9.84. The van der Waals surface area contributed by atoms with Crippen molar-refractivity contribution in [3.05, 3.63) is 126 Å². The van der Waals surface area contributed by atoms with Crippen molar-refractivity contribution in [1.82, 2.24) is 5.32 Å². The predicted molar refractivity (Wildman–Crippen MR) is 174 cm³/mol. The second-order valence-electron chi connectivity index (χ2n) is 9.88. The van der Waals surface area contributed by atoms with E-state index in [0.717, 1.165) is 23.5 Å². The Morgan fingerprint density at radius 1 is 0.841 bits per heavy atom. The quantitative estimate of drug-likeness (QED) is 0.0825. The Hall–Kier alpha value is -4.89. The Kier molecular flexibility index (Phi) is 11.7. The number of thioether (sulfide) groups is 1. The van der Waals surface area contributed by atoms with Crippen LogP contribution < -0.4 is 20.7 Å². The molecule has 3 amide bonds. The molecule has 4 aromatic rings. The summed E-state index contributed by atoms with van der Waals surface area (Å²) in [6.45, 7) is 4.59. The van der Waals surface area contributed by atoms with Crippen LogP contribution in [0, 0.1) is 5.82 Å². The molecule has 0 saturated carbocycles. The van der Waals surface area contributed by atoms with Crippen molar-refractivity contribution >= 4 is 46.9 Å². The molecule has 0 radical (unpaired) electrons. The van der Waals surface area contributed by atoms with Crippen molar-refractivity contribution in [3.63, 3.8) is 0 Å². The molecule has 9 heteroatoms. The number of ether oxygens (including phenoxy) is 1. The minimum Gasteiger partial charge on any atom is -0.494 e. The highest BCUT2D eigenvalue weighted by molar-refractivity contribution is 8.00. The summed E-state index contributed by atoms with van der Waals surface area (Å²) in [6, 6.07) is 28.4. The summed E-state index contributed by atoms with van der Waals surface area (Å²) >= 11 is 1.38. The van der Waals surface area contributed by atoms with Crippen molar-refractivity contribution in [3.8, 4) is 5.75 Å². The third-order valence-electron chi connectivity index (χ3n) is 6.39. The number of unbranched alkanes of at least 4 members (excludes halogenated alkanes) is 1. The summed E-state index contributed by atoms with van der Waals surface area (Å²) in [5.41, 5.74) is 2.11. The highest BCUT2D eigenvalue weighted by Crippen LogP contribution is 2.26. The molecule has 1 unspecified atom stereocenters. The Bertz CT molecular complexity index is 1580. The monoisotopic (exact) mass is 611 g/mol. The van der Waals surface area contributed by atoms with Gasteiger partial charge in [0.05, 0.1) is 11.9 Å². The largest absolute Gasteiger partial charge is 0.494 e. The van der Waals surface area contributed by atoms with Crippen LogP contribution in [0.25, 0.3) is 6.08 Å². The average molecular weight is 612 g/mol. The molecule has 0 aromatic heterocycles. The van der Waals surface area contributed by atoms with Crippen LogP contribution in [-0.2, 0) is 9.59 Å². The summed E-state index contributed by atoms with van der Waals surface area (Å²) in [5.74, 6) is -0.787. The molecule has 0 aliphatic carbocycles. The van der Waals surface area contributed by atoms with E-state index in [1.807, 2.05) is 31.2 Å². The lowest BCUT2D eigenvalue weighted by atomic mass is 10.1. The lowest BCUT2D eigenvalue weighted by Gasteiger charge is -2.14. The molecular weight excluding hydrogens is 577 g/mol. The molecule has 7 nitrogen and oxygen atoms in total. The number of hydrogen-bond donors (Lipinski definition) is 3. The van der Waals surface area contributed by atoms with Gasteiger partial charge in [0.1, 0.15) is 17.3 Å². The van der Waals surface area contributed by atoms with E-state index < -0.39 is 17.6 Å². The molecule has 4 rings (SSSR count). The SMILES string of the molecule is CCCCOc1ccc(NC(=O)C(C)Sc2ccc(NC(=O)/C(=C/c3ccc(F)cc3)NC(=O)c3ccccc3)cc2)cc1. The van der Waals surface area contributed by atoms with Crippen LogP contribution in [0.1, 0.15) is 42.6 Å². The summed E-state index contributed by atoms with van der Waals surface area (Å²) in [5, 5.41) is 8.00. The van der Waals surface area contributed by atoms with E-state index >= 15 is 0 Å². The Morgan fingerprint density at radius 2 is 1.48 bits per heavy atom. The summed E-state index contributed by atoms with van der Waals surface area (Å²) in [6.07, 6.45) is 3.53. The molecule has 0 aliphatic rings. The van der Waals surface area contributed by atoms with Crippen molar-refractivity contribution in [1.29, 1.82) is 0 Å². The number of carbonyl (C=O) groups is 3. The van der Waals surface area contributed by atoms with Crippen molar-refractivity contribution in [2.75, 3.05) is 17.2 Å². The molecular formula is C35H34FN3O4S. The first-order valence-electron chi connectivity index (χ1n) is 14.3. The van der Waals surface area contributed by atoms with Gasteiger partial charge in [-0.25, -0.2) is 4.39 Å². The molecule has 226 valence electrons. The zero-order valence-corrected chi connectivity index (χ0v) is 25.3. The number of amides is 3. The fraction of sp³-hybridized carbons (Fsp3) is 0.171. The Balaban J connectivity index is 1.36. The normalized spacial score (nSPS) is 11.8. The minimum absolute atomic E-state index is 0.00485. The summed E-state index contributed by atoms with van der Waals surface area (Å²) in [4.78, 5) is 39.6. The molecule has 0 spiro atoms. The molecule has 0 saturated heterocycles. The van der Waals surface area contributed by atoms with E-state index in [-0.39, 0.29) is 16.9 Å². The average Bonchev–Trinajstić information content (AvgIpc) is 3.04. The fourth-order valence-corrected chi connectivity index (χ4v) is 4.82. The number of halogens is 1. The van der Waals surface area contributed by atoms with Crippen LogP contribution >= 0.6 is 11.8 Å². The van der Waals surface area contributed by atoms with Crippen LogP contribution in [0.2, 0.25) is 0 Å². The first kappa shape index (κ1) is 32.0. The maximum atomic E-state index is 13.4. The van der Waals surface area contributed by atoms with E-state index in [9.17, 15) is 18.8 Å². The van der Waals surface area contributed by atoms with E-state index in [4.69, 9.17) is 4.74 Å². The number of rotatable bonds is 13. The molecule has 44 heavy (non-hydrogen) atoms. The number of anilines is 2. The van der Waals surface area contributed by atoms with Gasteiger partial charge in [-0.3, -0.25) is 14.4 Å². The topological polar surface area (TPSA) is 96.5 Å². The van der Waals surface area contributed by atoms with Crippen molar-refractivity contribution < 1.29 is 23.5 Å². The second-order valence-corrected chi connectivity index (χ2v) is 11.3. The van der Waals surface area contributed by atoms with Gasteiger partial charge in [0.25, 0.3) is 11.8 Å². The first-order valence-corrected chi connectivity index (χ1v) is 15.1. The second kappa shape index (κ2) is 16.1. The Labute approximate surface area is 260 Å². The van der Waals surface area contributed by atoms with Crippen LogP contribution in [0.15, 0.2) is 114 Å². The lowest BCUT2D eigenvalue weighted by molar-refractivity contribution is -0.115. The summed E-state index contributed by atoms with van der Waals surface area (Å²) < 4.78 is 19.1. The molecule has 0 aliphatic heterocycles.